The van der Waals surface area contributed by atoms with E-state index in [0.29, 0.717) is 6.54 Å². The molecule has 2 aromatic carbocycles. The van der Waals surface area contributed by atoms with Crippen LogP contribution in [0.25, 0.3) is 0 Å². The molecular weight excluding hydrogens is 291 g/mol. The highest BCUT2D eigenvalue weighted by Crippen LogP contribution is 2.33. The van der Waals surface area contributed by atoms with Crippen LogP contribution in [0.15, 0.2) is 54.6 Å². The van der Waals surface area contributed by atoms with Gasteiger partial charge in [-0.1, -0.05) is 42.5 Å². The van der Waals surface area contributed by atoms with Crippen LogP contribution in [-0.4, -0.2) is 17.4 Å². The summed E-state index contributed by atoms with van der Waals surface area (Å²) in [5, 5.41) is 0. The maximum atomic E-state index is 13.5. The highest BCUT2D eigenvalue weighted by molar-refractivity contribution is 5.78. The predicted octanol–water partition coefficient (Wildman–Crippen LogP) is 3.58. The van der Waals surface area contributed by atoms with E-state index in [2.05, 4.69) is 0 Å². The molecule has 3 nitrogen and oxygen atoms in total. The fourth-order valence-corrected chi connectivity index (χ4v) is 3.25. The van der Waals surface area contributed by atoms with Crippen molar-refractivity contribution in [2.75, 3.05) is 6.54 Å². The van der Waals surface area contributed by atoms with E-state index in [-0.39, 0.29) is 30.2 Å². The third-order valence-electron chi connectivity index (χ3n) is 4.43. The zero-order valence-corrected chi connectivity index (χ0v) is 13.0. The van der Waals surface area contributed by atoms with Crippen LogP contribution in [-0.2, 0) is 4.79 Å². The summed E-state index contributed by atoms with van der Waals surface area (Å²) in [6.07, 6.45) is 2.08. The molecule has 1 saturated heterocycles. The van der Waals surface area contributed by atoms with E-state index < -0.39 is 0 Å². The van der Waals surface area contributed by atoms with Crippen molar-refractivity contribution in [3.63, 3.8) is 0 Å². The summed E-state index contributed by atoms with van der Waals surface area (Å²) in [4.78, 5) is 14.5. The number of amides is 1. The smallest absolute Gasteiger partial charge is 0.224 e. The molecule has 3 rings (SSSR count). The zero-order valence-electron chi connectivity index (χ0n) is 13.0. The number of nitrogens with two attached hydrogens (primary N) is 1. The summed E-state index contributed by atoms with van der Waals surface area (Å²) < 4.78 is 13.5. The molecule has 1 aliphatic heterocycles. The zero-order chi connectivity index (χ0) is 16.2. The van der Waals surface area contributed by atoms with E-state index in [0.717, 1.165) is 24.0 Å². The monoisotopic (exact) mass is 312 g/mol. The summed E-state index contributed by atoms with van der Waals surface area (Å²) >= 11 is 0. The molecule has 2 atom stereocenters. The Balaban J connectivity index is 1.71. The van der Waals surface area contributed by atoms with E-state index in [1.165, 1.54) is 12.1 Å². The Morgan fingerprint density at radius 2 is 2.00 bits per heavy atom. The van der Waals surface area contributed by atoms with Crippen molar-refractivity contribution >= 4 is 5.91 Å². The van der Waals surface area contributed by atoms with Gasteiger partial charge in [0.2, 0.25) is 5.91 Å². The molecule has 0 bridgehead atoms. The van der Waals surface area contributed by atoms with Gasteiger partial charge in [-0.05, 0) is 36.1 Å². The molecule has 23 heavy (non-hydrogen) atoms. The Kier molecular flexibility index (Phi) is 4.72. The molecule has 2 N–H and O–H groups in total. The summed E-state index contributed by atoms with van der Waals surface area (Å²) in [6.45, 7) is 0.710. The molecule has 1 amide bonds. The molecule has 0 aromatic heterocycles. The highest BCUT2D eigenvalue weighted by Gasteiger charge is 2.30. The fourth-order valence-electron chi connectivity index (χ4n) is 3.25. The third-order valence-corrected chi connectivity index (χ3v) is 4.43. The van der Waals surface area contributed by atoms with Gasteiger partial charge in [0.1, 0.15) is 5.82 Å². The number of rotatable bonds is 4. The summed E-state index contributed by atoms with van der Waals surface area (Å²) in [5.41, 5.74) is 7.99. The van der Waals surface area contributed by atoms with E-state index >= 15 is 0 Å². The van der Waals surface area contributed by atoms with Gasteiger partial charge in [0, 0.05) is 19.0 Å². The molecule has 120 valence electrons. The van der Waals surface area contributed by atoms with Crippen LogP contribution < -0.4 is 5.73 Å². The minimum atomic E-state index is -0.308. The molecule has 1 aliphatic rings. The largest absolute Gasteiger partial charge is 0.336 e. The average molecular weight is 312 g/mol. The van der Waals surface area contributed by atoms with E-state index in [1.807, 2.05) is 41.3 Å². The van der Waals surface area contributed by atoms with Crippen molar-refractivity contribution in [2.45, 2.75) is 31.3 Å². The Labute approximate surface area is 135 Å². The van der Waals surface area contributed by atoms with Gasteiger partial charge < -0.3 is 10.6 Å². The second-order valence-electron chi connectivity index (χ2n) is 6.02. The lowest BCUT2D eigenvalue weighted by Gasteiger charge is -2.26. The Morgan fingerprint density at radius 1 is 1.22 bits per heavy atom. The van der Waals surface area contributed by atoms with Crippen molar-refractivity contribution < 1.29 is 9.18 Å². The number of hydrogen-bond acceptors (Lipinski definition) is 2. The van der Waals surface area contributed by atoms with Gasteiger partial charge in [0.25, 0.3) is 0 Å². The number of halogens is 1. The third kappa shape index (κ3) is 3.59. The molecule has 0 aliphatic carbocycles. The topological polar surface area (TPSA) is 46.3 Å². The first-order chi connectivity index (χ1) is 11.1. The molecule has 0 radical (unpaired) electrons. The lowest BCUT2D eigenvalue weighted by molar-refractivity contribution is -0.132. The van der Waals surface area contributed by atoms with Crippen molar-refractivity contribution in [2.24, 2.45) is 5.73 Å². The number of hydrogen-bond donors (Lipinski definition) is 1. The maximum absolute atomic E-state index is 13.5. The van der Waals surface area contributed by atoms with Gasteiger partial charge in [-0.2, -0.15) is 0 Å². The van der Waals surface area contributed by atoms with Crippen LogP contribution in [0.2, 0.25) is 0 Å². The minimum absolute atomic E-state index is 0.0353. The fraction of sp³-hybridized carbons (Fsp3) is 0.316. The van der Waals surface area contributed by atoms with Crippen LogP contribution in [0.1, 0.15) is 42.5 Å². The first-order valence-electron chi connectivity index (χ1n) is 8.00. The molecular formula is C19H21FN2O. The lowest BCUT2D eigenvalue weighted by atomic mass is 10.0. The van der Waals surface area contributed by atoms with Gasteiger partial charge in [-0.25, -0.2) is 4.39 Å². The molecule has 4 heteroatoms. The van der Waals surface area contributed by atoms with Crippen LogP contribution in [0.5, 0.6) is 0 Å². The molecule has 2 aromatic rings. The quantitative estimate of drug-likeness (QED) is 0.938. The first-order valence-corrected chi connectivity index (χ1v) is 8.00. The van der Waals surface area contributed by atoms with Gasteiger partial charge in [0.05, 0.1) is 6.04 Å². The van der Waals surface area contributed by atoms with Crippen molar-refractivity contribution in [3.8, 4) is 0 Å². The minimum Gasteiger partial charge on any atom is -0.336 e. The van der Waals surface area contributed by atoms with Gasteiger partial charge in [-0.15, -0.1) is 0 Å². The Bertz CT molecular complexity index is 674. The number of nitrogens with zero attached hydrogens (tertiary/aromatic N) is 1. The van der Waals surface area contributed by atoms with Crippen LogP contribution in [0.3, 0.4) is 0 Å². The maximum Gasteiger partial charge on any atom is 0.224 e. The van der Waals surface area contributed by atoms with Gasteiger partial charge in [-0.3, -0.25) is 4.79 Å². The Hall–Kier alpha value is -2.20. The average Bonchev–Trinajstić information content (AvgIpc) is 3.05. The summed E-state index contributed by atoms with van der Waals surface area (Å²) in [7, 11) is 0. The van der Waals surface area contributed by atoms with Gasteiger partial charge >= 0.3 is 0 Å². The SMILES string of the molecule is NC(CC(=O)N1CCCC1c1cccc(F)c1)c1ccccc1. The van der Waals surface area contributed by atoms with E-state index in [4.69, 9.17) is 5.73 Å². The lowest BCUT2D eigenvalue weighted by Crippen LogP contribution is -2.33. The Morgan fingerprint density at radius 3 is 2.74 bits per heavy atom. The normalized spacial score (nSPS) is 18.9. The van der Waals surface area contributed by atoms with E-state index in [1.54, 1.807) is 6.07 Å². The van der Waals surface area contributed by atoms with Crippen molar-refractivity contribution in [1.29, 1.82) is 0 Å². The molecule has 0 saturated carbocycles. The molecule has 2 unspecified atom stereocenters. The predicted molar refractivity (Wildman–Crippen MR) is 88.1 cm³/mol. The van der Waals surface area contributed by atoms with E-state index in [9.17, 15) is 9.18 Å². The van der Waals surface area contributed by atoms with Crippen LogP contribution >= 0.6 is 0 Å². The summed E-state index contributed by atoms with van der Waals surface area (Å²) in [5.74, 6) is -0.226. The van der Waals surface area contributed by atoms with Crippen molar-refractivity contribution in [3.05, 3.63) is 71.5 Å². The number of carbonyl (C=O) groups excluding carboxylic acids is 1. The standard InChI is InChI=1S/C19H21FN2O/c20-16-9-4-8-15(12-16)18-10-5-11-22(18)19(23)13-17(21)14-6-2-1-3-7-14/h1-4,6-9,12,17-18H,5,10-11,13,21H2. The highest BCUT2D eigenvalue weighted by atomic mass is 19.1. The second-order valence-corrected chi connectivity index (χ2v) is 6.02. The van der Waals surface area contributed by atoms with Crippen LogP contribution in [0, 0.1) is 5.82 Å². The number of likely N-dealkylation sites (tertiary alicyclic amines) is 1. The van der Waals surface area contributed by atoms with Gasteiger partial charge in [0.15, 0.2) is 0 Å². The summed E-state index contributed by atoms with van der Waals surface area (Å²) in [6, 6.07) is 15.8. The number of benzene rings is 2. The molecule has 1 heterocycles. The molecule has 1 fully saturated rings. The van der Waals surface area contributed by atoms with Crippen LogP contribution in [0.4, 0.5) is 4.39 Å². The number of carbonyl (C=O) groups is 1. The molecule has 0 spiro atoms. The van der Waals surface area contributed by atoms with Crippen molar-refractivity contribution in [1.82, 2.24) is 4.90 Å². The first kappa shape index (κ1) is 15.7. The second kappa shape index (κ2) is 6.92.